The van der Waals surface area contributed by atoms with Gasteiger partial charge in [0.25, 0.3) is 0 Å². The van der Waals surface area contributed by atoms with Crippen LogP contribution in [-0.4, -0.2) is 24.8 Å². The van der Waals surface area contributed by atoms with E-state index in [2.05, 4.69) is 12.2 Å². The van der Waals surface area contributed by atoms with Crippen LogP contribution in [0.15, 0.2) is 0 Å². The Labute approximate surface area is 81.0 Å². The molecule has 0 spiro atoms. The van der Waals surface area contributed by atoms with Crippen LogP contribution in [0.25, 0.3) is 0 Å². The molecule has 0 heterocycles. The molecule has 2 aliphatic carbocycles. The van der Waals surface area contributed by atoms with E-state index in [1.807, 2.05) is 0 Å². The molecular weight excluding hydrogens is 162 g/mol. The molecule has 0 aromatic rings. The molecule has 2 nitrogen and oxygen atoms in total. The average Bonchev–Trinajstić information content (AvgIpc) is 2.53. The van der Waals surface area contributed by atoms with Gasteiger partial charge in [-0.3, -0.25) is 0 Å². The molecule has 0 amide bonds. The maximum Gasteiger partial charge on any atom is 0.0608 e. The van der Waals surface area contributed by atoms with Crippen LogP contribution in [0.1, 0.15) is 45.4 Å². The van der Waals surface area contributed by atoms with Crippen molar-refractivity contribution in [3.8, 4) is 0 Å². The van der Waals surface area contributed by atoms with Gasteiger partial charge in [0.2, 0.25) is 0 Å². The predicted molar refractivity (Wildman–Crippen MR) is 53.8 cm³/mol. The van der Waals surface area contributed by atoms with Crippen molar-refractivity contribution < 1.29 is 4.74 Å². The van der Waals surface area contributed by atoms with Crippen LogP contribution < -0.4 is 5.32 Å². The van der Waals surface area contributed by atoms with Crippen molar-refractivity contribution in [2.75, 3.05) is 6.54 Å². The van der Waals surface area contributed by atoms with Crippen molar-refractivity contribution in [1.82, 2.24) is 5.32 Å². The Morgan fingerprint density at radius 2 is 1.85 bits per heavy atom. The molecule has 0 aromatic heterocycles. The Morgan fingerprint density at radius 3 is 2.46 bits per heavy atom. The average molecular weight is 183 g/mol. The summed E-state index contributed by atoms with van der Waals surface area (Å²) in [5.74, 6) is 0. The SMILES string of the molecule is CCNC1CC(OC2CCCC2)C1. The van der Waals surface area contributed by atoms with Crippen LogP contribution in [-0.2, 0) is 4.74 Å². The normalized spacial score (nSPS) is 34.8. The molecule has 0 saturated heterocycles. The highest BCUT2D eigenvalue weighted by molar-refractivity contribution is 4.86. The van der Waals surface area contributed by atoms with Crippen molar-refractivity contribution in [1.29, 1.82) is 0 Å². The summed E-state index contributed by atoms with van der Waals surface area (Å²) in [6.07, 6.45) is 9.04. The van der Waals surface area contributed by atoms with Gasteiger partial charge >= 0.3 is 0 Å². The van der Waals surface area contributed by atoms with Gasteiger partial charge in [0, 0.05) is 6.04 Å². The van der Waals surface area contributed by atoms with E-state index in [0.29, 0.717) is 12.2 Å². The number of rotatable bonds is 4. The quantitative estimate of drug-likeness (QED) is 0.720. The van der Waals surface area contributed by atoms with Gasteiger partial charge < -0.3 is 10.1 Å². The summed E-state index contributed by atoms with van der Waals surface area (Å²) in [5, 5.41) is 3.46. The monoisotopic (exact) mass is 183 g/mol. The summed E-state index contributed by atoms with van der Waals surface area (Å²) >= 11 is 0. The zero-order valence-corrected chi connectivity index (χ0v) is 8.59. The number of hydrogen-bond acceptors (Lipinski definition) is 2. The summed E-state index contributed by atoms with van der Waals surface area (Å²) < 4.78 is 5.98. The first kappa shape index (κ1) is 9.47. The summed E-state index contributed by atoms with van der Waals surface area (Å²) in [6.45, 7) is 3.27. The molecule has 2 heteroatoms. The topological polar surface area (TPSA) is 21.3 Å². The fraction of sp³-hybridized carbons (Fsp3) is 1.00. The largest absolute Gasteiger partial charge is 0.375 e. The Kier molecular flexibility index (Phi) is 3.23. The zero-order valence-electron chi connectivity index (χ0n) is 8.59. The molecule has 2 rings (SSSR count). The third-order valence-electron chi connectivity index (χ3n) is 3.27. The number of ether oxygens (including phenoxy) is 1. The second-order valence-corrected chi connectivity index (χ2v) is 4.39. The maximum absolute atomic E-state index is 5.98. The van der Waals surface area contributed by atoms with E-state index in [0.717, 1.165) is 12.6 Å². The van der Waals surface area contributed by atoms with E-state index in [9.17, 15) is 0 Å². The molecule has 0 aromatic carbocycles. The first-order chi connectivity index (χ1) is 6.38. The second kappa shape index (κ2) is 4.43. The Hall–Kier alpha value is -0.0800. The van der Waals surface area contributed by atoms with Gasteiger partial charge in [-0.15, -0.1) is 0 Å². The predicted octanol–water partition coefficient (Wildman–Crippen LogP) is 2.09. The molecule has 0 radical (unpaired) electrons. The van der Waals surface area contributed by atoms with Crippen LogP contribution in [0, 0.1) is 0 Å². The molecule has 0 unspecified atom stereocenters. The molecule has 0 bridgehead atoms. The third-order valence-corrected chi connectivity index (χ3v) is 3.27. The lowest BCUT2D eigenvalue weighted by Crippen LogP contribution is -2.46. The van der Waals surface area contributed by atoms with Crippen LogP contribution in [0.2, 0.25) is 0 Å². The fourth-order valence-electron chi connectivity index (χ4n) is 2.43. The molecule has 76 valence electrons. The molecule has 0 aliphatic heterocycles. The minimum absolute atomic E-state index is 0.576. The zero-order chi connectivity index (χ0) is 9.10. The van der Waals surface area contributed by atoms with Gasteiger partial charge in [0.15, 0.2) is 0 Å². The van der Waals surface area contributed by atoms with E-state index in [1.165, 1.54) is 38.5 Å². The van der Waals surface area contributed by atoms with Crippen molar-refractivity contribution in [3.63, 3.8) is 0 Å². The lowest BCUT2D eigenvalue weighted by atomic mass is 9.89. The first-order valence-corrected chi connectivity index (χ1v) is 5.77. The molecule has 2 aliphatic rings. The highest BCUT2D eigenvalue weighted by atomic mass is 16.5. The van der Waals surface area contributed by atoms with Crippen molar-refractivity contribution >= 4 is 0 Å². The highest BCUT2D eigenvalue weighted by Crippen LogP contribution is 2.29. The van der Waals surface area contributed by atoms with Crippen LogP contribution in [0.4, 0.5) is 0 Å². The van der Waals surface area contributed by atoms with Gasteiger partial charge in [-0.1, -0.05) is 19.8 Å². The lowest BCUT2D eigenvalue weighted by molar-refractivity contribution is -0.0609. The minimum Gasteiger partial charge on any atom is -0.375 e. The first-order valence-electron chi connectivity index (χ1n) is 5.77. The molecule has 2 saturated carbocycles. The minimum atomic E-state index is 0.576. The summed E-state index contributed by atoms with van der Waals surface area (Å²) in [5.41, 5.74) is 0. The summed E-state index contributed by atoms with van der Waals surface area (Å²) in [6, 6.07) is 0.747. The Balaban J connectivity index is 1.58. The van der Waals surface area contributed by atoms with Gasteiger partial charge in [-0.2, -0.15) is 0 Å². The van der Waals surface area contributed by atoms with Crippen molar-refractivity contribution in [2.45, 2.75) is 63.7 Å². The Morgan fingerprint density at radius 1 is 1.15 bits per heavy atom. The van der Waals surface area contributed by atoms with E-state index >= 15 is 0 Å². The lowest BCUT2D eigenvalue weighted by Gasteiger charge is -2.37. The Bertz CT molecular complexity index is 148. The van der Waals surface area contributed by atoms with Crippen molar-refractivity contribution in [2.24, 2.45) is 0 Å². The van der Waals surface area contributed by atoms with Crippen LogP contribution in [0.3, 0.4) is 0 Å². The fourth-order valence-corrected chi connectivity index (χ4v) is 2.43. The number of nitrogens with one attached hydrogen (secondary N) is 1. The molecule has 1 N–H and O–H groups in total. The second-order valence-electron chi connectivity index (χ2n) is 4.39. The van der Waals surface area contributed by atoms with Gasteiger partial charge in [-0.25, -0.2) is 0 Å². The van der Waals surface area contributed by atoms with E-state index in [1.54, 1.807) is 0 Å². The van der Waals surface area contributed by atoms with E-state index < -0.39 is 0 Å². The molecule has 0 atom stereocenters. The van der Waals surface area contributed by atoms with Gasteiger partial charge in [0.05, 0.1) is 12.2 Å². The number of hydrogen-bond donors (Lipinski definition) is 1. The summed E-state index contributed by atoms with van der Waals surface area (Å²) in [4.78, 5) is 0. The molecule has 13 heavy (non-hydrogen) atoms. The van der Waals surface area contributed by atoms with Crippen LogP contribution in [0.5, 0.6) is 0 Å². The summed E-state index contributed by atoms with van der Waals surface area (Å²) in [7, 11) is 0. The maximum atomic E-state index is 5.98. The van der Waals surface area contributed by atoms with Crippen LogP contribution >= 0.6 is 0 Å². The van der Waals surface area contributed by atoms with Gasteiger partial charge in [0.1, 0.15) is 0 Å². The van der Waals surface area contributed by atoms with E-state index in [4.69, 9.17) is 4.74 Å². The molecular formula is C11H21NO. The highest BCUT2D eigenvalue weighted by Gasteiger charge is 2.31. The molecule has 2 fully saturated rings. The van der Waals surface area contributed by atoms with Crippen molar-refractivity contribution in [3.05, 3.63) is 0 Å². The smallest absolute Gasteiger partial charge is 0.0608 e. The van der Waals surface area contributed by atoms with Gasteiger partial charge in [-0.05, 0) is 32.2 Å². The van der Waals surface area contributed by atoms with E-state index in [-0.39, 0.29) is 0 Å². The standard InChI is InChI=1S/C11H21NO/c1-2-12-9-7-11(8-9)13-10-5-3-4-6-10/h9-12H,2-8H2,1H3. The third kappa shape index (κ3) is 2.44.